The van der Waals surface area contributed by atoms with Crippen LogP contribution >= 0.6 is 8.69 Å². The molecule has 4 heteroatoms. The smallest absolute Gasteiger partial charge is 0.177 e. The average molecular weight is 157 g/mol. The van der Waals surface area contributed by atoms with Crippen LogP contribution < -0.4 is 0 Å². The first-order valence-electron chi connectivity index (χ1n) is 0.494. The van der Waals surface area contributed by atoms with Crippen LogP contribution in [0.4, 0.5) is 0 Å². The monoisotopic (exact) mass is 156 g/mol. The third-order valence-electron chi connectivity index (χ3n) is 0. The predicted octanol–water partition coefficient (Wildman–Crippen LogP) is -0.353. The summed E-state index contributed by atoms with van der Waals surface area (Å²) >= 11 is 0. The molecule has 0 amide bonds. The normalized spacial score (nSPS) is 7.25. The molecule has 1 N–H and O–H groups in total. The molecule has 0 bridgehead atoms. The van der Waals surface area contributed by atoms with E-state index in [4.69, 9.17) is 9.46 Å². The van der Waals surface area contributed by atoms with Gasteiger partial charge in [0.1, 0.15) is 0 Å². The molecule has 1 atom stereocenters. The average Bonchev–Trinajstić information content (AvgIpc) is 0.918. The quantitative estimate of drug-likeness (QED) is 0.488. The molecule has 0 aromatic rings. The standard InChI is InChI=1S/H3O2P.Zr/c1-3-2;/h3H2,(H,1,2);. The Hall–Kier alpha value is 1.07. The first-order chi connectivity index (χ1) is 1.41. The Kier molecular flexibility index (Phi) is 19.9. The van der Waals surface area contributed by atoms with Crippen LogP contribution in [0.1, 0.15) is 0 Å². The SMILES string of the molecule is O=[PH2]O.[Zr]. The number of hydrogen-bond donors (Lipinski definition) is 1. The summed E-state index contributed by atoms with van der Waals surface area (Å²) in [5, 5.41) is 0. The van der Waals surface area contributed by atoms with Gasteiger partial charge < -0.3 is 4.89 Å². The van der Waals surface area contributed by atoms with E-state index >= 15 is 0 Å². The third-order valence-corrected chi connectivity index (χ3v) is 0. The minimum atomic E-state index is -1.50. The van der Waals surface area contributed by atoms with Gasteiger partial charge in [0.25, 0.3) is 0 Å². The van der Waals surface area contributed by atoms with E-state index in [-0.39, 0.29) is 26.2 Å². The Morgan fingerprint density at radius 3 is 1.75 bits per heavy atom. The van der Waals surface area contributed by atoms with Gasteiger partial charge in [0.05, 0.1) is 0 Å². The van der Waals surface area contributed by atoms with Crippen molar-refractivity contribution in [1.82, 2.24) is 0 Å². The van der Waals surface area contributed by atoms with Gasteiger partial charge >= 0.3 is 0 Å². The molecule has 0 saturated carbocycles. The molecule has 0 fully saturated rings. The molecule has 0 rings (SSSR count). The summed E-state index contributed by atoms with van der Waals surface area (Å²) in [5.41, 5.74) is 0. The first-order valence-corrected chi connectivity index (χ1v) is 1.48. The molecule has 0 radical (unpaired) electrons. The van der Waals surface area contributed by atoms with E-state index in [1.807, 2.05) is 0 Å². The van der Waals surface area contributed by atoms with Crippen molar-refractivity contribution >= 4 is 8.69 Å². The largest absolute Gasteiger partial charge is 0.348 e. The van der Waals surface area contributed by atoms with E-state index in [1.54, 1.807) is 0 Å². The summed E-state index contributed by atoms with van der Waals surface area (Å²) < 4.78 is 8.57. The Bertz CT molecular complexity index is 13.5. The molecule has 0 aliphatic rings. The molecular weight excluding hydrogens is 154 g/mol. The zero-order valence-electron chi connectivity index (χ0n) is 1.93. The molecule has 4 heavy (non-hydrogen) atoms. The van der Waals surface area contributed by atoms with Crippen LogP contribution in [0.25, 0.3) is 0 Å². The van der Waals surface area contributed by atoms with E-state index in [0.717, 1.165) is 0 Å². The topological polar surface area (TPSA) is 37.3 Å². The van der Waals surface area contributed by atoms with Crippen LogP contribution in [0.2, 0.25) is 0 Å². The van der Waals surface area contributed by atoms with E-state index in [2.05, 4.69) is 0 Å². The van der Waals surface area contributed by atoms with Gasteiger partial charge in [0.15, 0.2) is 8.69 Å². The van der Waals surface area contributed by atoms with Crippen molar-refractivity contribution < 1.29 is 35.7 Å². The molecule has 2 nitrogen and oxygen atoms in total. The Morgan fingerprint density at radius 2 is 1.75 bits per heavy atom. The zero-order chi connectivity index (χ0) is 2.71. The molecule has 0 heterocycles. The second kappa shape index (κ2) is 8.95. The van der Waals surface area contributed by atoms with Crippen molar-refractivity contribution in [3.63, 3.8) is 0 Å². The van der Waals surface area contributed by atoms with E-state index in [1.165, 1.54) is 0 Å². The van der Waals surface area contributed by atoms with Gasteiger partial charge in [-0.05, 0) is 0 Å². The Morgan fingerprint density at radius 1 is 1.75 bits per heavy atom. The minimum Gasteiger partial charge on any atom is -0.348 e. The molecule has 0 saturated heterocycles. The second-order valence-electron chi connectivity index (χ2n) is 0.105. The Balaban J connectivity index is 0. The van der Waals surface area contributed by atoms with Gasteiger partial charge in [-0.3, -0.25) is 4.57 Å². The molecular formula is H3O2PZr. The fourth-order valence-electron chi connectivity index (χ4n) is 0. The first kappa shape index (κ1) is 8.91. The van der Waals surface area contributed by atoms with Crippen LogP contribution in [-0.4, -0.2) is 4.89 Å². The second-order valence-corrected chi connectivity index (χ2v) is 0.316. The summed E-state index contributed by atoms with van der Waals surface area (Å²) in [4.78, 5) is 7.10. The van der Waals surface area contributed by atoms with Gasteiger partial charge in [0.2, 0.25) is 0 Å². The molecule has 24 valence electrons. The molecule has 0 aliphatic heterocycles. The van der Waals surface area contributed by atoms with Crippen LogP contribution in [-0.2, 0) is 30.8 Å². The van der Waals surface area contributed by atoms with Crippen molar-refractivity contribution in [2.24, 2.45) is 0 Å². The van der Waals surface area contributed by atoms with Crippen molar-refractivity contribution in [2.75, 3.05) is 0 Å². The van der Waals surface area contributed by atoms with Gasteiger partial charge in [-0.2, -0.15) is 0 Å². The third kappa shape index (κ3) is 11.5. The van der Waals surface area contributed by atoms with Crippen molar-refractivity contribution in [1.29, 1.82) is 0 Å². The summed E-state index contributed by atoms with van der Waals surface area (Å²) in [7, 11) is -1.50. The van der Waals surface area contributed by atoms with Crippen LogP contribution in [0.15, 0.2) is 0 Å². The fourth-order valence-corrected chi connectivity index (χ4v) is 0. The molecule has 0 aromatic carbocycles. The minimum absolute atomic E-state index is 0. The molecule has 1 unspecified atom stereocenters. The van der Waals surface area contributed by atoms with Crippen molar-refractivity contribution in [2.45, 2.75) is 0 Å². The number of rotatable bonds is 0. The van der Waals surface area contributed by atoms with Gasteiger partial charge in [0, 0.05) is 26.2 Å². The summed E-state index contributed by atoms with van der Waals surface area (Å²) in [5.74, 6) is 0. The van der Waals surface area contributed by atoms with Crippen LogP contribution in [0, 0.1) is 0 Å². The van der Waals surface area contributed by atoms with E-state index in [9.17, 15) is 0 Å². The predicted molar refractivity (Wildman–Crippen MR) is 12.6 cm³/mol. The summed E-state index contributed by atoms with van der Waals surface area (Å²) in [6.07, 6.45) is 0. The molecule has 0 aromatic heterocycles. The zero-order valence-corrected chi connectivity index (χ0v) is 5.55. The van der Waals surface area contributed by atoms with E-state index < -0.39 is 8.69 Å². The van der Waals surface area contributed by atoms with Crippen LogP contribution in [0.3, 0.4) is 0 Å². The Labute approximate surface area is 44.6 Å². The van der Waals surface area contributed by atoms with E-state index in [0.29, 0.717) is 0 Å². The summed E-state index contributed by atoms with van der Waals surface area (Å²) in [6.45, 7) is 0. The maximum Gasteiger partial charge on any atom is 0.177 e. The maximum atomic E-state index is 8.57. The van der Waals surface area contributed by atoms with Gasteiger partial charge in [-0.15, -0.1) is 0 Å². The van der Waals surface area contributed by atoms with Crippen molar-refractivity contribution in [3.8, 4) is 0 Å². The van der Waals surface area contributed by atoms with Gasteiger partial charge in [-0.1, -0.05) is 0 Å². The summed E-state index contributed by atoms with van der Waals surface area (Å²) in [6, 6.07) is 0. The van der Waals surface area contributed by atoms with Crippen LogP contribution in [0.5, 0.6) is 0 Å². The number of hydrogen-bond acceptors (Lipinski definition) is 1. The molecule has 0 spiro atoms. The molecule has 0 aliphatic carbocycles. The van der Waals surface area contributed by atoms with Crippen molar-refractivity contribution in [3.05, 3.63) is 0 Å². The van der Waals surface area contributed by atoms with Gasteiger partial charge in [-0.25, -0.2) is 0 Å². The fraction of sp³-hybridized carbons (Fsp3) is 0. The maximum absolute atomic E-state index is 8.57.